The Bertz CT molecular complexity index is 803. The number of anilines is 1. The summed E-state index contributed by atoms with van der Waals surface area (Å²) in [6, 6.07) is 14.7. The fourth-order valence-electron chi connectivity index (χ4n) is 3.62. The lowest BCUT2D eigenvalue weighted by atomic mass is 9.79. The van der Waals surface area contributed by atoms with Gasteiger partial charge < -0.3 is 14.2 Å². The highest BCUT2D eigenvalue weighted by Gasteiger charge is 2.51. The smallest absolute Gasteiger partial charge is 0.399 e. The van der Waals surface area contributed by atoms with Gasteiger partial charge in [-0.3, -0.25) is 0 Å². The van der Waals surface area contributed by atoms with Gasteiger partial charge in [0.15, 0.2) is 0 Å². The number of halogens is 1. The fourth-order valence-corrected chi connectivity index (χ4v) is 3.93. The molecule has 0 amide bonds. The Labute approximate surface area is 161 Å². The molecular weight excluding hydrogens is 345 g/mol. The van der Waals surface area contributed by atoms with Crippen LogP contribution in [0.1, 0.15) is 38.8 Å². The van der Waals surface area contributed by atoms with Crippen molar-refractivity contribution in [1.29, 1.82) is 0 Å². The molecule has 26 heavy (non-hydrogen) atoms. The summed E-state index contributed by atoms with van der Waals surface area (Å²) in [5.41, 5.74) is 4.22. The molecule has 136 valence electrons. The number of para-hydroxylation sites is 1. The van der Waals surface area contributed by atoms with Crippen LogP contribution in [0.3, 0.4) is 0 Å². The molecule has 0 bridgehead atoms. The first-order valence-corrected chi connectivity index (χ1v) is 9.61. The molecule has 2 aliphatic heterocycles. The first-order chi connectivity index (χ1) is 12.3. The number of nitrogens with zero attached hydrogens (tertiary/aromatic N) is 1. The molecule has 0 aliphatic carbocycles. The van der Waals surface area contributed by atoms with Crippen molar-refractivity contribution in [3.8, 4) is 0 Å². The summed E-state index contributed by atoms with van der Waals surface area (Å²) in [6.45, 7) is 10.2. The first-order valence-electron chi connectivity index (χ1n) is 9.24. The Balaban J connectivity index is 1.49. The van der Waals surface area contributed by atoms with Crippen LogP contribution in [0.25, 0.3) is 0 Å². The number of hydrogen-bond donors (Lipinski definition) is 0. The van der Waals surface area contributed by atoms with Crippen LogP contribution < -0.4 is 10.4 Å². The molecule has 1 saturated heterocycles. The van der Waals surface area contributed by atoms with Gasteiger partial charge in [-0.1, -0.05) is 48.0 Å². The predicted octanol–water partition coefficient (Wildman–Crippen LogP) is 4.20. The van der Waals surface area contributed by atoms with Gasteiger partial charge >= 0.3 is 7.12 Å². The Morgan fingerprint density at radius 1 is 1.00 bits per heavy atom. The van der Waals surface area contributed by atoms with Crippen molar-refractivity contribution < 1.29 is 9.31 Å². The third-order valence-electron chi connectivity index (χ3n) is 5.92. The molecule has 0 atom stereocenters. The number of rotatable bonds is 3. The molecule has 0 spiro atoms. The third kappa shape index (κ3) is 3.04. The van der Waals surface area contributed by atoms with Crippen LogP contribution >= 0.6 is 11.6 Å². The predicted molar refractivity (Wildman–Crippen MR) is 108 cm³/mol. The van der Waals surface area contributed by atoms with E-state index in [0.717, 1.165) is 30.0 Å². The van der Waals surface area contributed by atoms with E-state index in [9.17, 15) is 0 Å². The monoisotopic (exact) mass is 369 g/mol. The van der Waals surface area contributed by atoms with Crippen LogP contribution in [0.4, 0.5) is 5.69 Å². The molecular formula is C21H25BClNO2. The van der Waals surface area contributed by atoms with Gasteiger partial charge in [-0.25, -0.2) is 0 Å². The van der Waals surface area contributed by atoms with Gasteiger partial charge in [0.1, 0.15) is 0 Å². The van der Waals surface area contributed by atoms with Crippen molar-refractivity contribution in [2.45, 2.75) is 51.9 Å². The van der Waals surface area contributed by atoms with Gasteiger partial charge in [0.2, 0.25) is 0 Å². The van der Waals surface area contributed by atoms with E-state index >= 15 is 0 Å². The van der Waals surface area contributed by atoms with Crippen molar-refractivity contribution in [1.82, 2.24) is 0 Å². The number of hydrogen-bond acceptors (Lipinski definition) is 3. The average Bonchev–Trinajstić information content (AvgIpc) is 3.07. The Hall–Kier alpha value is -1.49. The maximum Gasteiger partial charge on any atom is 0.494 e. The zero-order valence-electron chi connectivity index (χ0n) is 15.9. The second-order valence-corrected chi connectivity index (χ2v) is 8.66. The summed E-state index contributed by atoms with van der Waals surface area (Å²) < 4.78 is 12.3. The largest absolute Gasteiger partial charge is 0.494 e. The van der Waals surface area contributed by atoms with E-state index in [0.29, 0.717) is 0 Å². The van der Waals surface area contributed by atoms with Crippen LogP contribution in [-0.2, 0) is 22.3 Å². The van der Waals surface area contributed by atoms with Crippen molar-refractivity contribution in [3.05, 3.63) is 58.6 Å². The van der Waals surface area contributed by atoms with Crippen LogP contribution in [0.15, 0.2) is 42.5 Å². The van der Waals surface area contributed by atoms with Gasteiger partial charge in [0.05, 0.1) is 21.9 Å². The third-order valence-corrected chi connectivity index (χ3v) is 6.22. The summed E-state index contributed by atoms with van der Waals surface area (Å²) in [6.07, 6.45) is 1.06. The van der Waals surface area contributed by atoms with E-state index in [-0.39, 0.29) is 18.3 Å². The minimum Gasteiger partial charge on any atom is -0.399 e. The van der Waals surface area contributed by atoms with Crippen LogP contribution in [0, 0.1) is 0 Å². The highest BCUT2D eigenvalue weighted by atomic mass is 35.5. The maximum absolute atomic E-state index is 6.42. The van der Waals surface area contributed by atoms with Crippen LogP contribution in [0.2, 0.25) is 5.02 Å². The number of benzene rings is 2. The van der Waals surface area contributed by atoms with E-state index in [1.807, 2.05) is 12.1 Å². The molecule has 1 fully saturated rings. The second kappa shape index (κ2) is 6.30. The van der Waals surface area contributed by atoms with Crippen LogP contribution in [0.5, 0.6) is 0 Å². The average molecular weight is 370 g/mol. The molecule has 0 saturated carbocycles. The minimum atomic E-state index is -0.313. The fraction of sp³-hybridized carbons (Fsp3) is 0.429. The molecule has 2 heterocycles. The molecule has 0 radical (unpaired) electrons. The summed E-state index contributed by atoms with van der Waals surface area (Å²) in [5, 5.41) is 0.842. The maximum atomic E-state index is 6.42. The van der Waals surface area contributed by atoms with E-state index in [1.54, 1.807) is 0 Å². The standard InChI is InChI=1S/C21H25BClNO2/c1-20(2)21(3,4)26-22(25-20)17-10-8-15(9-11-17)14-24-13-12-16-6-5-7-18(23)19(16)24/h5-11H,12-14H2,1-4H3. The molecule has 0 aromatic heterocycles. The molecule has 2 aromatic carbocycles. The summed E-state index contributed by atoms with van der Waals surface area (Å²) >= 11 is 6.42. The summed E-state index contributed by atoms with van der Waals surface area (Å²) in [7, 11) is -0.309. The Morgan fingerprint density at radius 2 is 1.65 bits per heavy atom. The zero-order chi connectivity index (χ0) is 18.5. The first kappa shape index (κ1) is 17.9. The number of fused-ring (bicyclic) bond motifs is 1. The SMILES string of the molecule is CC1(C)OB(c2ccc(CN3CCc4cccc(Cl)c43)cc2)OC1(C)C. The summed E-state index contributed by atoms with van der Waals surface area (Å²) in [4.78, 5) is 2.36. The van der Waals surface area contributed by atoms with Gasteiger partial charge in [-0.15, -0.1) is 0 Å². The molecule has 3 nitrogen and oxygen atoms in total. The topological polar surface area (TPSA) is 21.7 Å². The van der Waals surface area contributed by atoms with E-state index in [1.165, 1.54) is 16.8 Å². The normalized spacial score (nSPS) is 20.5. The molecule has 4 rings (SSSR count). The quantitative estimate of drug-likeness (QED) is 0.757. The van der Waals surface area contributed by atoms with Crippen LogP contribution in [-0.4, -0.2) is 24.9 Å². The lowest BCUT2D eigenvalue weighted by Crippen LogP contribution is -2.41. The molecule has 2 aromatic rings. The van der Waals surface area contributed by atoms with E-state index < -0.39 is 0 Å². The van der Waals surface area contributed by atoms with Gasteiger partial charge in [-0.05, 0) is 56.8 Å². The highest BCUT2D eigenvalue weighted by molar-refractivity contribution is 6.62. The van der Waals surface area contributed by atoms with Crippen molar-refractivity contribution in [3.63, 3.8) is 0 Å². The lowest BCUT2D eigenvalue weighted by molar-refractivity contribution is 0.00578. The van der Waals surface area contributed by atoms with Gasteiger partial charge in [0.25, 0.3) is 0 Å². The van der Waals surface area contributed by atoms with Crippen molar-refractivity contribution >= 4 is 29.9 Å². The Morgan fingerprint density at radius 3 is 2.31 bits per heavy atom. The summed E-state index contributed by atoms with van der Waals surface area (Å²) in [5.74, 6) is 0. The minimum absolute atomic E-state index is 0.309. The Kier molecular flexibility index (Phi) is 4.34. The highest BCUT2D eigenvalue weighted by Crippen LogP contribution is 2.37. The molecule has 0 N–H and O–H groups in total. The van der Waals surface area contributed by atoms with Gasteiger partial charge in [-0.2, -0.15) is 0 Å². The second-order valence-electron chi connectivity index (χ2n) is 8.25. The van der Waals surface area contributed by atoms with Gasteiger partial charge in [0, 0.05) is 13.1 Å². The van der Waals surface area contributed by atoms with E-state index in [2.05, 4.69) is 62.9 Å². The van der Waals surface area contributed by atoms with Crippen molar-refractivity contribution in [2.75, 3.05) is 11.4 Å². The zero-order valence-corrected chi connectivity index (χ0v) is 16.6. The van der Waals surface area contributed by atoms with E-state index in [4.69, 9.17) is 20.9 Å². The molecule has 2 aliphatic rings. The molecule has 0 unspecified atom stereocenters. The molecule has 5 heteroatoms. The van der Waals surface area contributed by atoms with Crippen molar-refractivity contribution in [2.24, 2.45) is 0 Å². The lowest BCUT2D eigenvalue weighted by Gasteiger charge is -2.32.